The van der Waals surface area contributed by atoms with Gasteiger partial charge in [0.2, 0.25) is 0 Å². The van der Waals surface area contributed by atoms with E-state index in [1.54, 1.807) is 44.2 Å². The molecule has 0 saturated heterocycles. The Hall–Kier alpha value is -3.98. The normalized spacial score (nSPS) is 11.6. The predicted octanol–water partition coefficient (Wildman–Crippen LogP) is 5.38. The van der Waals surface area contributed by atoms with Crippen molar-refractivity contribution in [3.05, 3.63) is 89.2 Å². The van der Waals surface area contributed by atoms with Crippen LogP contribution in [0, 0.1) is 6.92 Å². The zero-order chi connectivity index (χ0) is 26.4. The number of carbonyl (C=O) groups is 1. The fourth-order valence-electron chi connectivity index (χ4n) is 3.83. The van der Waals surface area contributed by atoms with Crippen molar-refractivity contribution in [1.82, 2.24) is 20.1 Å². The second-order valence-corrected chi connectivity index (χ2v) is 9.36. The van der Waals surface area contributed by atoms with Crippen LogP contribution in [0.1, 0.15) is 40.3 Å². The summed E-state index contributed by atoms with van der Waals surface area (Å²) in [4.78, 5) is 13.2. The van der Waals surface area contributed by atoms with Crippen molar-refractivity contribution in [3.63, 3.8) is 0 Å². The molecule has 1 amide bonds. The third-order valence-electron chi connectivity index (χ3n) is 5.84. The molecule has 1 heterocycles. The van der Waals surface area contributed by atoms with E-state index in [4.69, 9.17) is 14.2 Å². The Morgan fingerprint density at radius 3 is 2.38 bits per heavy atom. The summed E-state index contributed by atoms with van der Waals surface area (Å²) in [5, 5.41) is 12.7. The van der Waals surface area contributed by atoms with Crippen LogP contribution in [0.3, 0.4) is 0 Å². The number of ether oxygens (including phenoxy) is 3. The van der Waals surface area contributed by atoms with Gasteiger partial charge in [0.25, 0.3) is 5.91 Å². The lowest BCUT2D eigenvalue weighted by Gasteiger charge is -2.17. The van der Waals surface area contributed by atoms with E-state index < -0.39 is 6.04 Å². The second-order valence-electron chi connectivity index (χ2n) is 8.41. The summed E-state index contributed by atoms with van der Waals surface area (Å²) in [7, 11) is 4.75. The van der Waals surface area contributed by atoms with E-state index in [1.807, 2.05) is 66.9 Å². The highest BCUT2D eigenvalue weighted by molar-refractivity contribution is 7.98. The van der Waals surface area contributed by atoms with Gasteiger partial charge in [0.05, 0.1) is 32.9 Å². The van der Waals surface area contributed by atoms with Gasteiger partial charge < -0.3 is 19.5 Å². The molecule has 1 N–H and O–H groups in total. The molecule has 1 aromatic heterocycles. The summed E-state index contributed by atoms with van der Waals surface area (Å²) in [5.41, 5.74) is 3.58. The molecule has 37 heavy (non-hydrogen) atoms. The number of rotatable bonds is 10. The van der Waals surface area contributed by atoms with Crippen LogP contribution in [0.5, 0.6) is 17.2 Å². The quantitative estimate of drug-likeness (QED) is 0.282. The van der Waals surface area contributed by atoms with Crippen molar-refractivity contribution in [2.75, 3.05) is 21.3 Å². The zero-order valence-electron chi connectivity index (χ0n) is 21.5. The molecular weight excluding hydrogens is 488 g/mol. The molecule has 1 unspecified atom stereocenters. The minimum Gasteiger partial charge on any atom is -0.497 e. The van der Waals surface area contributed by atoms with Crippen molar-refractivity contribution in [3.8, 4) is 22.9 Å². The lowest BCUT2D eigenvalue weighted by molar-refractivity contribution is 0.0935. The molecule has 0 aliphatic rings. The predicted molar refractivity (Wildman–Crippen MR) is 144 cm³/mol. The van der Waals surface area contributed by atoms with Crippen molar-refractivity contribution in [2.45, 2.75) is 30.8 Å². The first-order chi connectivity index (χ1) is 17.9. The van der Waals surface area contributed by atoms with E-state index in [2.05, 4.69) is 15.5 Å². The highest BCUT2D eigenvalue weighted by Gasteiger charge is 2.23. The van der Waals surface area contributed by atoms with Crippen molar-refractivity contribution >= 4 is 17.7 Å². The Morgan fingerprint density at radius 1 is 0.946 bits per heavy atom. The monoisotopic (exact) mass is 518 g/mol. The number of hydrogen-bond donors (Lipinski definition) is 1. The number of benzene rings is 3. The van der Waals surface area contributed by atoms with Gasteiger partial charge in [-0.15, -0.1) is 10.2 Å². The molecule has 3 aromatic carbocycles. The molecule has 4 rings (SSSR count). The summed E-state index contributed by atoms with van der Waals surface area (Å²) < 4.78 is 18.0. The molecule has 0 saturated carbocycles. The molecule has 0 spiro atoms. The van der Waals surface area contributed by atoms with E-state index >= 15 is 0 Å². The minimum atomic E-state index is -0.431. The van der Waals surface area contributed by atoms with Gasteiger partial charge in [-0.25, -0.2) is 0 Å². The fourth-order valence-corrected chi connectivity index (χ4v) is 4.73. The molecule has 8 nitrogen and oxygen atoms in total. The number of aromatic nitrogens is 3. The first-order valence-electron chi connectivity index (χ1n) is 11.7. The maximum Gasteiger partial charge on any atom is 0.255 e. The Morgan fingerprint density at radius 2 is 1.68 bits per heavy atom. The number of nitrogens with zero attached hydrogens (tertiary/aromatic N) is 3. The molecule has 0 aliphatic heterocycles. The Bertz CT molecular complexity index is 1370. The summed E-state index contributed by atoms with van der Waals surface area (Å²) in [6, 6.07) is 20.7. The first kappa shape index (κ1) is 26.1. The molecule has 0 fully saturated rings. The largest absolute Gasteiger partial charge is 0.497 e. The van der Waals surface area contributed by atoms with Gasteiger partial charge >= 0.3 is 0 Å². The average molecular weight is 519 g/mol. The third-order valence-corrected chi connectivity index (χ3v) is 6.84. The topological polar surface area (TPSA) is 87.5 Å². The van der Waals surface area contributed by atoms with Crippen LogP contribution in [-0.4, -0.2) is 42.0 Å². The number of amides is 1. The van der Waals surface area contributed by atoms with E-state index in [0.717, 1.165) is 27.7 Å². The number of nitrogens with one attached hydrogen (secondary N) is 1. The minimum absolute atomic E-state index is 0.281. The van der Waals surface area contributed by atoms with E-state index in [1.165, 1.54) is 7.11 Å². The molecular formula is C28H30N4O4S. The van der Waals surface area contributed by atoms with Gasteiger partial charge in [0.1, 0.15) is 17.2 Å². The highest BCUT2D eigenvalue weighted by atomic mass is 32.2. The van der Waals surface area contributed by atoms with Gasteiger partial charge in [0.15, 0.2) is 11.0 Å². The molecule has 0 aliphatic carbocycles. The smallest absolute Gasteiger partial charge is 0.255 e. The summed E-state index contributed by atoms with van der Waals surface area (Å²) in [6.45, 7) is 3.93. The van der Waals surface area contributed by atoms with E-state index in [9.17, 15) is 4.79 Å². The molecule has 9 heteroatoms. The van der Waals surface area contributed by atoms with Crippen LogP contribution in [0.15, 0.2) is 71.9 Å². The van der Waals surface area contributed by atoms with Gasteiger partial charge in [0, 0.05) is 17.5 Å². The summed E-state index contributed by atoms with van der Waals surface area (Å²) in [5.74, 6) is 2.88. The molecule has 192 valence electrons. The Kier molecular flexibility index (Phi) is 8.35. The summed E-state index contributed by atoms with van der Waals surface area (Å²) in [6.07, 6.45) is 0. The molecule has 0 bridgehead atoms. The van der Waals surface area contributed by atoms with Crippen molar-refractivity contribution in [2.24, 2.45) is 0 Å². The van der Waals surface area contributed by atoms with Crippen molar-refractivity contribution in [1.29, 1.82) is 0 Å². The molecule has 1 atom stereocenters. The van der Waals surface area contributed by atoms with Gasteiger partial charge in [-0.1, -0.05) is 41.6 Å². The van der Waals surface area contributed by atoms with Crippen LogP contribution >= 0.6 is 11.8 Å². The second kappa shape index (κ2) is 11.8. The van der Waals surface area contributed by atoms with Crippen LogP contribution in [-0.2, 0) is 5.75 Å². The summed E-state index contributed by atoms with van der Waals surface area (Å²) >= 11 is 1.57. The first-order valence-corrected chi connectivity index (χ1v) is 12.7. The van der Waals surface area contributed by atoms with Crippen molar-refractivity contribution < 1.29 is 19.0 Å². The van der Waals surface area contributed by atoms with Crippen LogP contribution in [0.4, 0.5) is 0 Å². The van der Waals surface area contributed by atoms with Gasteiger partial charge in [-0.05, 0) is 55.8 Å². The number of thioether (sulfide) groups is 1. The van der Waals surface area contributed by atoms with E-state index in [0.29, 0.717) is 28.6 Å². The lowest BCUT2D eigenvalue weighted by atomic mass is 10.1. The van der Waals surface area contributed by atoms with Gasteiger partial charge in [-0.2, -0.15) is 0 Å². The van der Waals surface area contributed by atoms with Crippen LogP contribution in [0.2, 0.25) is 0 Å². The average Bonchev–Trinajstić information content (AvgIpc) is 3.36. The molecule has 4 aromatic rings. The number of carbonyl (C=O) groups excluding carboxylic acids is 1. The number of methoxy groups -OCH3 is 3. The Balaban J connectivity index is 1.62. The van der Waals surface area contributed by atoms with Crippen LogP contribution in [0.25, 0.3) is 5.69 Å². The van der Waals surface area contributed by atoms with Gasteiger partial charge in [-0.3, -0.25) is 9.36 Å². The highest BCUT2D eigenvalue weighted by Crippen LogP contribution is 2.30. The SMILES string of the molecule is COc1cccc(CSc2nnc(C(C)NC(=O)c3ccc(OC)cc3OC)n2-c2ccc(C)cc2)c1. The number of aryl methyl sites for hydroxylation is 1. The maximum atomic E-state index is 13.2. The third kappa shape index (κ3) is 6.06. The van der Waals surface area contributed by atoms with Crippen LogP contribution < -0.4 is 19.5 Å². The number of hydrogen-bond acceptors (Lipinski definition) is 7. The van der Waals surface area contributed by atoms with E-state index in [-0.39, 0.29) is 5.91 Å². The molecule has 0 radical (unpaired) electrons. The Labute approximate surface area is 221 Å². The fraction of sp³-hybridized carbons (Fsp3) is 0.250. The standard InChI is InChI=1S/C28H30N4O4S/c1-18-9-11-21(12-10-18)32-26(30-31-28(32)37-17-20-7-6-8-22(15-20)34-3)19(2)29-27(33)24-14-13-23(35-4)16-25(24)36-5/h6-16,19H,17H2,1-5H3,(H,29,33). The maximum absolute atomic E-state index is 13.2. The lowest BCUT2D eigenvalue weighted by Crippen LogP contribution is -2.29. The zero-order valence-corrected chi connectivity index (χ0v) is 22.3.